The van der Waals surface area contributed by atoms with Gasteiger partial charge in [0.25, 0.3) is 0 Å². The maximum absolute atomic E-state index is 5.38. The van der Waals surface area contributed by atoms with E-state index in [-0.39, 0.29) is 0 Å². The molecule has 1 atom stereocenters. The zero-order chi connectivity index (χ0) is 19.7. The normalized spacial score (nSPS) is 11.9. The minimum absolute atomic E-state index is 0.827. The molecule has 1 heteroatoms. The van der Waals surface area contributed by atoms with Crippen LogP contribution in [0.4, 0.5) is 0 Å². The highest BCUT2D eigenvalue weighted by Crippen LogP contribution is 2.18. The van der Waals surface area contributed by atoms with E-state index in [0.717, 1.165) is 11.8 Å². The smallest absolute Gasteiger partial charge is 0.0223 e. The summed E-state index contributed by atoms with van der Waals surface area (Å²) >= 11 is 5.38. The van der Waals surface area contributed by atoms with Crippen molar-refractivity contribution in [2.75, 3.05) is 5.88 Å². The van der Waals surface area contributed by atoms with Crippen molar-refractivity contribution in [2.45, 2.75) is 150 Å². The van der Waals surface area contributed by atoms with Crippen molar-refractivity contribution >= 4 is 11.6 Å². The first-order valence-electron chi connectivity index (χ1n) is 12.3. The summed E-state index contributed by atoms with van der Waals surface area (Å²) in [6, 6.07) is 0. The fraction of sp³-hybridized carbons (Fsp3) is 1.00. The molecule has 0 bridgehead atoms. The number of unbranched alkanes of at least 4 members (excludes halogenated alkanes) is 14. The lowest BCUT2D eigenvalue weighted by molar-refractivity contribution is 0.431. The molecule has 0 amide bonds. The average Bonchev–Trinajstić information content (AvgIpc) is 2.65. The fourth-order valence-electron chi connectivity index (χ4n) is 3.39. The third-order valence-corrected chi connectivity index (χ3v) is 5.61. The zero-order valence-corrected chi connectivity index (χ0v) is 19.9. The summed E-state index contributed by atoms with van der Waals surface area (Å²) in [5, 5.41) is 0. The van der Waals surface area contributed by atoms with E-state index in [1.807, 2.05) is 0 Å². The van der Waals surface area contributed by atoms with E-state index in [2.05, 4.69) is 27.7 Å². The average molecular weight is 389 g/mol. The summed E-state index contributed by atoms with van der Waals surface area (Å²) in [6.07, 6.45) is 27.0. The van der Waals surface area contributed by atoms with Gasteiger partial charge >= 0.3 is 0 Å². The standard InChI is InChI=1S/C20H42.C5H11Cl/c1-4-6-8-10-12-13-15-17-19-20(3)18-16-14-11-9-7-5-2;1-2-3-4-5-6/h20H,4-19H2,1-3H3;2-5H2,1H3. The summed E-state index contributed by atoms with van der Waals surface area (Å²) in [4.78, 5) is 0. The molecule has 26 heavy (non-hydrogen) atoms. The highest BCUT2D eigenvalue weighted by Gasteiger charge is 2.02. The quantitative estimate of drug-likeness (QED) is 0.152. The lowest BCUT2D eigenvalue weighted by Gasteiger charge is -2.11. The van der Waals surface area contributed by atoms with Gasteiger partial charge in [-0.1, -0.05) is 143 Å². The van der Waals surface area contributed by atoms with Crippen molar-refractivity contribution in [2.24, 2.45) is 5.92 Å². The topological polar surface area (TPSA) is 0 Å². The van der Waals surface area contributed by atoms with Crippen LogP contribution in [0.1, 0.15) is 150 Å². The molecule has 160 valence electrons. The van der Waals surface area contributed by atoms with Gasteiger partial charge in [-0.2, -0.15) is 0 Å². The van der Waals surface area contributed by atoms with Gasteiger partial charge in [-0.3, -0.25) is 0 Å². The molecule has 0 rings (SSSR count). The van der Waals surface area contributed by atoms with E-state index in [1.54, 1.807) is 0 Å². The third kappa shape index (κ3) is 29.1. The van der Waals surface area contributed by atoms with Gasteiger partial charge < -0.3 is 0 Å². The molecule has 0 spiro atoms. The first-order valence-corrected chi connectivity index (χ1v) is 12.8. The molecule has 0 aliphatic rings. The number of rotatable bonds is 19. The van der Waals surface area contributed by atoms with Crippen molar-refractivity contribution in [3.05, 3.63) is 0 Å². The van der Waals surface area contributed by atoms with Crippen molar-refractivity contribution in [1.82, 2.24) is 0 Å². The Balaban J connectivity index is 0. The minimum atomic E-state index is 0.827. The lowest BCUT2D eigenvalue weighted by Crippen LogP contribution is -1.95. The van der Waals surface area contributed by atoms with Crippen molar-refractivity contribution in [3.63, 3.8) is 0 Å². The molecular weight excluding hydrogens is 336 g/mol. The molecule has 0 heterocycles. The van der Waals surface area contributed by atoms with Crippen LogP contribution in [0.25, 0.3) is 0 Å². The molecule has 0 aromatic carbocycles. The maximum atomic E-state index is 5.38. The molecule has 0 aliphatic carbocycles. The van der Waals surface area contributed by atoms with Gasteiger partial charge in [0.15, 0.2) is 0 Å². The molecule has 0 saturated heterocycles. The van der Waals surface area contributed by atoms with Gasteiger partial charge in [0, 0.05) is 5.88 Å². The first kappa shape index (κ1) is 28.5. The van der Waals surface area contributed by atoms with Crippen molar-refractivity contribution < 1.29 is 0 Å². The van der Waals surface area contributed by atoms with Crippen molar-refractivity contribution in [3.8, 4) is 0 Å². The Morgan fingerprint density at radius 3 is 1.08 bits per heavy atom. The highest BCUT2D eigenvalue weighted by molar-refractivity contribution is 6.17. The molecule has 0 N–H and O–H groups in total. The van der Waals surface area contributed by atoms with Crippen LogP contribution in [-0.4, -0.2) is 5.88 Å². The largest absolute Gasteiger partial charge is 0.127 e. The van der Waals surface area contributed by atoms with Crippen LogP contribution in [-0.2, 0) is 0 Å². The summed E-state index contributed by atoms with van der Waals surface area (Å²) < 4.78 is 0. The van der Waals surface area contributed by atoms with Gasteiger partial charge in [0.2, 0.25) is 0 Å². The van der Waals surface area contributed by atoms with Crippen LogP contribution in [0.5, 0.6) is 0 Å². The fourth-order valence-corrected chi connectivity index (χ4v) is 3.58. The number of hydrogen-bond donors (Lipinski definition) is 0. The van der Waals surface area contributed by atoms with E-state index in [0.29, 0.717) is 0 Å². The zero-order valence-electron chi connectivity index (χ0n) is 19.1. The second-order valence-corrected chi connectivity index (χ2v) is 8.70. The van der Waals surface area contributed by atoms with Crippen molar-refractivity contribution in [1.29, 1.82) is 0 Å². The van der Waals surface area contributed by atoms with Crippen LogP contribution in [0.3, 0.4) is 0 Å². The number of hydrogen-bond acceptors (Lipinski definition) is 0. The van der Waals surface area contributed by atoms with Gasteiger partial charge in [-0.05, 0) is 12.3 Å². The SMILES string of the molecule is CCCCCCCCCCC(C)CCCCCCCC.CCCCCCl. The second-order valence-electron chi connectivity index (χ2n) is 8.32. The molecule has 0 saturated carbocycles. The Morgan fingerprint density at radius 2 is 0.769 bits per heavy atom. The molecule has 0 aromatic heterocycles. The molecule has 0 aromatic rings. The van der Waals surface area contributed by atoms with E-state index in [9.17, 15) is 0 Å². The maximum Gasteiger partial charge on any atom is 0.0223 e. The van der Waals surface area contributed by atoms with Crippen LogP contribution in [0.2, 0.25) is 0 Å². The molecule has 0 fully saturated rings. The van der Waals surface area contributed by atoms with Gasteiger partial charge in [0.05, 0.1) is 0 Å². The molecule has 1 unspecified atom stereocenters. The molecule has 0 nitrogen and oxygen atoms in total. The Bertz CT molecular complexity index is 210. The predicted octanol–water partition coefficient (Wildman–Crippen LogP) is 10.3. The lowest BCUT2D eigenvalue weighted by atomic mass is 9.96. The monoisotopic (exact) mass is 388 g/mol. The van der Waals surface area contributed by atoms with E-state index >= 15 is 0 Å². The first-order chi connectivity index (χ1) is 12.7. The Labute approximate surface area is 173 Å². The number of alkyl halides is 1. The van der Waals surface area contributed by atoms with E-state index in [4.69, 9.17) is 11.6 Å². The summed E-state index contributed by atoms with van der Waals surface area (Å²) in [6.45, 7) is 9.23. The molecule has 0 radical (unpaired) electrons. The van der Waals surface area contributed by atoms with E-state index in [1.165, 1.54) is 122 Å². The van der Waals surface area contributed by atoms with Crippen LogP contribution in [0.15, 0.2) is 0 Å². The highest BCUT2D eigenvalue weighted by atomic mass is 35.5. The van der Waals surface area contributed by atoms with Gasteiger partial charge in [-0.15, -0.1) is 11.6 Å². The summed E-state index contributed by atoms with van der Waals surface area (Å²) in [7, 11) is 0. The van der Waals surface area contributed by atoms with Crippen LogP contribution in [0, 0.1) is 5.92 Å². The Morgan fingerprint density at radius 1 is 0.462 bits per heavy atom. The Hall–Kier alpha value is 0.290. The Kier molecular flexibility index (Phi) is 30.2. The molecular formula is C25H53Cl. The second kappa shape index (κ2) is 27.5. The van der Waals surface area contributed by atoms with E-state index < -0.39 is 0 Å². The predicted molar refractivity (Wildman–Crippen MR) is 125 cm³/mol. The van der Waals surface area contributed by atoms with Crippen LogP contribution < -0.4 is 0 Å². The van der Waals surface area contributed by atoms with Gasteiger partial charge in [0.1, 0.15) is 0 Å². The van der Waals surface area contributed by atoms with Gasteiger partial charge in [-0.25, -0.2) is 0 Å². The number of halogens is 1. The summed E-state index contributed by atoms with van der Waals surface area (Å²) in [5.41, 5.74) is 0. The summed E-state index contributed by atoms with van der Waals surface area (Å²) in [5.74, 6) is 1.80. The minimum Gasteiger partial charge on any atom is -0.127 e. The third-order valence-electron chi connectivity index (χ3n) is 5.34. The molecule has 0 aliphatic heterocycles. The van der Waals surface area contributed by atoms with Crippen LogP contribution >= 0.6 is 11.6 Å².